The molecule has 0 spiro atoms. The first-order valence-electron chi connectivity index (χ1n) is 6.53. The summed E-state index contributed by atoms with van der Waals surface area (Å²) in [5.41, 5.74) is 0.598. The van der Waals surface area contributed by atoms with Crippen molar-refractivity contribution in [2.45, 2.75) is 6.92 Å². The summed E-state index contributed by atoms with van der Waals surface area (Å²) in [6.45, 7) is 4.69. The van der Waals surface area contributed by atoms with Gasteiger partial charge in [-0.05, 0) is 37.7 Å². The zero-order chi connectivity index (χ0) is 13.7. The van der Waals surface area contributed by atoms with Crippen molar-refractivity contribution in [3.63, 3.8) is 0 Å². The summed E-state index contributed by atoms with van der Waals surface area (Å²) >= 11 is 0. The molecule has 1 aromatic rings. The highest BCUT2D eigenvalue weighted by Gasteiger charge is 2.15. The van der Waals surface area contributed by atoms with Gasteiger partial charge in [-0.15, -0.1) is 0 Å². The molecule has 1 aliphatic rings. The maximum Gasteiger partial charge on any atom is 0.251 e. The van der Waals surface area contributed by atoms with Crippen molar-refractivity contribution in [2.24, 2.45) is 5.92 Å². The van der Waals surface area contributed by atoms with Crippen molar-refractivity contribution < 1.29 is 14.3 Å². The summed E-state index contributed by atoms with van der Waals surface area (Å²) in [5, 5.41) is 6.00. The number of nitrogens with one attached hydrogen (secondary N) is 2. The molecule has 19 heavy (non-hydrogen) atoms. The van der Waals surface area contributed by atoms with Crippen LogP contribution in [0, 0.1) is 5.92 Å². The Morgan fingerprint density at radius 1 is 1.26 bits per heavy atom. The molecule has 0 aliphatic carbocycles. The van der Waals surface area contributed by atoms with E-state index in [1.54, 1.807) is 18.2 Å². The SMILES string of the molecule is CNCC(C)CNC(=O)c1ccc2c(c1)OCCO2. The van der Waals surface area contributed by atoms with Crippen molar-refractivity contribution in [3.05, 3.63) is 23.8 Å². The average Bonchev–Trinajstić information content (AvgIpc) is 2.44. The Labute approximate surface area is 113 Å². The number of amides is 1. The quantitative estimate of drug-likeness (QED) is 0.834. The third-order valence-corrected chi connectivity index (χ3v) is 2.97. The Balaban J connectivity index is 1.95. The van der Waals surface area contributed by atoms with Crippen LogP contribution in [0.5, 0.6) is 11.5 Å². The molecule has 5 heteroatoms. The van der Waals surface area contributed by atoms with E-state index < -0.39 is 0 Å². The fourth-order valence-corrected chi connectivity index (χ4v) is 1.97. The molecule has 1 unspecified atom stereocenters. The Morgan fingerprint density at radius 2 is 2.00 bits per heavy atom. The monoisotopic (exact) mass is 264 g/mol. The van der Waals surface area contributed by atoms with Gasteiger partial charge in [0.15, 0.2) is 11.5 Å². The molecule has 0 fully saturated rings. The zero-order valence-corrected chi connectivity index (χ0v) is 11.4. The predicted octanol–water partition coefficient (Wildman–Crippen LogP) is 1.04. The normalized spacial score (nSPS) is 14.8. The van der Waals surface area contributed by atoms with Crippen LogP contribution in [0.3, 0.4) is 0 Å². The highest BCUT2D eigenvalue weighted by Crippen LogP contribution is 2.30. The number of carbonyl (C=O) groups is 1. The lowest BCUT2D eigenvalue weighted by Crippen LogP contribution is -2.32. The number of hydrogen-bond acceptors (Lipinski definition) is 4. The molecular formula is C14H20N2O3. The minimum Gasteiger partial charge on any atom is -0.486 e. The summed E-state index contributed by atoms with van der Waals surface area (Å²) in [4.78, 5) is 12.0. The van der Waals surface area contributed by atoms with Crippen molar-refractivity contribution >= 4 is 5.91 Å². The van der Waals surface area contributed by atoms with E-state index in [0.29, 0.717) is 42.7 Å². The zero-order valence-electron chi connectivity index (χ0n) is 11.4. The van der Waals surface area contributed by atoms with Crippen LogP contribution >= 0.6 is 0 Å². The van der Waals surface area contributed by atoms with E-state index in [4.69, 9.17) is 9.47 Å². The van der Waals surface area contributed by atoms with Gasteiger partial charge < -0.3 is 20.1 Å². The van der Waals surface area contributed by atoms with Crippen LogP contribution in [-0.4, -0.2) is 39.3 Å². The minimum absolute atomic E-state index is 0.0834. The summed E-state index contributed by atoms with van der Waals surface area (Å²) < 4.78 is 10.9. The summed E-state index contributed by atoms with van der Waals surface area (Å²) in [5.74, 6) is 1.65. The molecular weight excluding hydrogens is 244 g/mol. The second-order valence-electron chi connectivity index (χ2n) is 4.73. The summed E-state index contributed by atoms with van der Waals surface area (Å²) in [7, 11) is 1.90. The largest absolute Gasteiger partial charge is 0.486 e. The Kier molecular flexibility index (Phi) is 4.63. The number of benzene rings is 1. The molecule has 1 amide bonds. The van der Waals surface area contributed by atoms with Crippen molar-refractivity contribution in [2.75, 3.05) is 33.4 Å². The van der Waals surface area contributed by atoms with Crippen LogP contribution in [-0.2, 0) is 0 Å². The Hall–Kier alpha value is -1.75. The maximum absolute atomic E-state index is 12.0. The first-order valence-corrected chi connectivity index (χ1v) is 6.53. The molecule has 1 aliphatic heterocycles. The number of carbonyl (C=O) groups excluding carboxylic acids is 1. The van der Waals surface area contributed by atoms with Crippen LogP contribution in [0.1, 0.15) is 17.3 Å². The van der Waals surface area contributed by atoms with Gasteiger partial charge in [0.1, 0.15) is 13.2 Å². The molecule has 0 saturated heterocycles. The number of ether oxygens (including phenoxy) is 2. The van der Waals surface area contributed by atoms with Gasteiger partial charge in [-0.1, -0.05) is 6.92 Å². The lowest BCUT2D eigenvalue weighted by atomic mass is 10.1. The van der Waals surface area contributed by atoms with Gasteiger partial charge in [-0.25, -0.2) is 0 Å². The molecule has 1 aromatic carbocycles. The average molecular weight is 264 g/mol. The second kappa shape index (κ2) is 6.43. The molecule has 2 rings (SSSR count). The molecule has 2 N–H and O–H groups in total. The topological polar surface area (TPSA) is 59.6 Å². The lowest BCUT2D eigenvalue weighted by molar-refractivity contribution is 0.0947. The highest BCUT2D eigenvalue weighted by atomic mass is 16.6. The van der Waals surface area contributed by atoms with Gasteiger partial charge in [0, 0.05) is 12.1 Å². The second-order valence-corrected chi connectivity index (χ2v) is 4.73. The lowest BCUT2D eigenvalue weighted by Gasteiger charge is -2.19. The van der Waals surface area contributed by atoms with Crippen LogP contribution in [0.15, 0.2) is 18.2 Å². The van der Waals surface area contributed by atoms with Crippen LogP contribution in [0.4, 0.5) is 0 Å². The van der Waals surface area contributed by atoms with E-state index in [1.165, 1.54) is 0 Å². The Bertz CT molecular complexity index is 448. The first-order chi connectivity index (χ1) is 9.20. The number of hydrogen-bond donors (Lipinski definition) is 2. The fourth-order valence-electron chi connectivity index (χ4n) is 1.97. The van der Waals surface area contributed by atoms with Gasteiger partial charge in [0.2, 0.25) is 0 Å². The Morgan fingerprint density at radius 3 is 2.74 bits per heavy atom. The first kappa shape index (κ1) is 13.7. The van der Waals surface area contributed by atoms with Gasteiger partial charge in [0.05, 0.1) is 0 Å². The molecule has 104 valence electrons. The van der Waals surface area contributed by atoms with Crippen LogP contribution in [0.25, 0.3) is 0 Å². The third-order valence-electron chi connectivity index (χ3n) is 2.97. The third kappa shape index (κ3) is 3.61. The van der Waals surface area contributed by atoms with E-state index in [0.717, 1.165) is 6.54 Å². The van der Waals surface area contributed by atoms with Gasteiger partial charge in [-0.3, -0.25) is 4.79 Å². The van der Waals surface area contributed by atoms with Crippen molar-refractivity contribution in [3.8, 4) is 11.5 Å². The molecule has 0 aromatic heterocycles. The van der Waals surface area contributed by atoms with Gasteiger partial charge in [0.25, 0.3) is 5.91 Å². The van der Waals surface area contributed by atoms with E-state index in [9.17, 15) is 4.79 Å². The molecule has 1 heterocycles. The van der Waals surface area contributed by atoms with Crippen molar-refractivity contribution in [1.29, 1.82) is 0 Å². The number of fused-ring (bicyclic) bond motifs is 1. The molecule has 0 saturated carbocycles. The summed E-state index contributed by atoms with van der Waals surface area (Å²) in [6, 6.07) is 5.26. The van der Waals surface area contributed by atoms with Crippen molar-refractivity contribution in [1.82, 2.24) is 10.6 Å². The number of rotatable bonds is 5. The molecule has 0 radical (unpaired) electrons. The fraction of sp³-hybridized carbons (Fsp3) is 0.500. The molecule has 0 bridgehead atoms. The molecule has 1 atom stereocenters. The van der Waals surface area contributed by atoms with E-state index in [-0.39, 0.29) is 5.91 Å². The van der Waals surface area contributed by atoms with Crippen LogP contribution < -0.4 is 20.1 Å². The van der Waals surface area contributed by atoms with E-state index in [1.807, 2.05) is 7.05 Å². The van der Waals surface area contributed by atoms with E-state index >= 15 is 0 Å². The predicted molar refractivity (Wildman–Crippen MR) is 72.9 cm³/mol. The van der Waals surface area contributed by atoms with Crippen LogP contribution in [0.2, 0.25) is 0 Å². The summed E-state index contributed by atoms with van der Waals surface area (Å²) in [6.07, 6.45) is 0. The maximum atomic E-state index is 12.0. The van der Waals surface area contributed by atoms with Gasteiger partial charge in [-0.2, -0.15) is 0 Å². The van der Waals surface area contributed by atoms with E-state index in [2.05, 4.69) is 17.6 Å². The minimum atomic E-state index is -0.0834. The molecule has 5 nitrogen and oxygen atoms in total. The standard InChI is InChI=1S/C14H20N2O3/c1-10(8-15-2)9-16-14(17)11-3-4-12-13(7-11)19-6-5-18-12/h3-4,7,10,15H,5-6,8-9H2,1-2H3,(H,16,17). The van der Waals surface area contributed by atoms with Gasteiger partial charge >= 0.3 is 0 Å². The smallest absolute Gasteiger partial charge is 0.251 e. The highest BCUT2D eigenvalue weighted by molar-refractivity contribution is 5.94.